The van der Waals surface area contributed by atoms with E-state index in [9.17, 15) is 17.6 Å². The zero-order valence-electron chi connectivity index (χ0n) is 10.2. The van der Waals surface area contributed by atoms with Crippen LogP contribution in [0.3, 0.4) is 0 Å². The van der Waals surface area contributed by atoms with Gasteiger partial charge in [0.25, 0.3) is 0 Å². The van der Waals surface area contributed by atoms with Crippen LogP contribution in [0.15, 0.2) is 24.3 Å². The Bertz CT molecular complexity index is 591. The Morgan fingerprint density at radius 3 is 1.68 bits per heavy atom. The number of aryl methyl sites for hydroxylation is 2. The molecule has 2 aromatic carbocycles. The maximum atomic E-state index is 13.4. The highest BCUT2D eigenvalue weighted by Gasteiger charge is 2.21. The summed E-state index contributed by atoms with van der Waals surface area (Å²) < 4.78 is 57.8. The summed E-state index contributed by atoms with van der Waals surface area (Å²) in [6, 6.07) is 4.98. The van der Waals surface area contributed by atoms with E-state index in [0.29, 0.717) is 0 Å². The SMILES string of the molecule is Cc1cc(C)cc(Oc2c(F)c(F)cc(F)c2F)c1. The van der Waals surface area contributed by atoms with Crippen molar-refractivity contribution in [1.29, 1.82) is 0 Å². The molecule has 0 saturated carbocycles. The van der Waals surface area contributed by atoms with Crippen molar-refractivity contribution in [2.75, 3.05) is 0 Å². The van der Waals surface area contributed by atoms with Crippen LogP contribution in [0.4, 0.5) is 17.6 Å². The van der Waals surface area contributed by atoms with Crippen molar-refractivity contribution in [1.82, 2.24) is 0 Å². The van der Waals surface area contributed by atoms with E-state index in [1.807, 2.05) is 6.07 Å². The lowest BCUT2D eigenvalue weighted by atomic mass is 10.1. The van der Waals surface area contributed by atoms with Gasteiger partial charge in [0, 0.05) is 6.07 Å². The van der Waals surface area contributed by atoms with Gasteiger partial charge in [-0.25, -0.2) is 8.78 Å². The molecule has 0 aliphatic rings. The van der Waals surface area contributed by atoms with Gasteiger partial charge in [-0.1, -0.05) is 6.07 Å². The second kappa shape index (κ2) is 4.91. The molecule has 0 aliphatic carbocycles. The first-order chi connectivity index (χ1) is 8.88. The summed E-state index contributed by atoms with van der Waals surface area (Å²) in [6.45, 7) is 3.53. The molecule has 0 N–H and O–H groups in total. The first kappa shape index (κ1) is 13.4. The van der Waals surface area contributed by atoms with Gasteiger partial charge in [0.15, 0.2) is 11.6 Å². The third-order valence-electron chi connectivity index (χ3n) is 2.49. The van der Waals surface area contributed by atoms with Crippen LogP contribution in [0.2, 0.25) is 0 Å². The summed E-state index contributed by atoms with van der Waals surface area (Å²) in [5, 5.41) is 0. The van der Waals surface area contributed by atoms with Crippen molar-refractivity contribution in [2.24, 2.45) is 0 Å². The molecule has 2 aromatic rings. The maximum absolute atomic E-state index is 13.4. The summed E-state index contributed by atoms with van der Waals surface area (Å²) >= 11 is 0. The lowest BCUT2D eigenvalue weighted by Crippen LogP contribution is -1.99. The molecule has 0 atom stereocenters. The van der Waals surface area contributed by atoms with Gasteiger partial charge in [-0.05, 0) is 37.1 Å². The van der Waals surface area contributed by atoms with Crippen LogP contribution in [0, 0.1) is 37.1 Å². The van der Waals surface area contributed by atoms with E-state index in [4.69, 9.17) is 4.74 Å². The predicted octanol–water partition coefficient (Wildman–Crippen LogP) is 4.65. The van der Waals surface area contributed by atoms with Crippen molar-refractivity contribution in [3.63, 3.8) is 0 Å². The molecular weight excluding hydrogens is 260 g/mol. The van der Waals surface area contributed by atoms with E-state index >= 15 is 0 Å². The first-order valence-electron chi connectivity index (χ1n) is 5.47. The molecule has 0 saturated heterocycles. The van der Waals surface area contributed by atoms with E-state index < -0.39 is 29.0 Å². The van der Waals surface area contributed by atoms with Crippen molar-refractivity contribution in [3.05, 3.63) is 58.7 Å². The molecule has 0 unspecified atom stereocenters. The second-order valence-corrected chi connectivity index (χ2v) is 4.22. The van der Waals surface area contributed by atoms with Crippen molar-refractivity contribution >= 4 is 0 Å². The number of halogens is 4. The van der Waals surface area contributed by atoms with Crippen LogP contribution in [0.25, 0.3) is 0 Å². The normalized spacial score (nSPS) is 10.6. The molecule has 5 heteroatoms. The highest BCUT2D eigenvalue weighted by atomic mass is 19.2. The molecule has 0 fully saturated rings. The second-order valence-electron chi connectivity index (χ2n) is 4.22. The fourth-order valence-electron chi connectivity index (χ4n) is 1.75. The van der Waals surface area contributed by atoms with E-state index in [-0.39, 0.29) is 11.8 Å². The van der Waals surface area contributed by atoms with Gasteiger partial charge in [-0.2, -0.15) is 8.78 Å². The number of rotatable bonds is 2. The molecule has 0 bridgehead atoms. The number of hydrogen-bond acceptors (Lipinski definition) is 1. The molecule has 0 spiro atoms. The molecule has 0 heterocycles. The van der Waals surface area contributed by atoms with E-state index in [0.717, 1.165) is 11.1 Å². The predicted molar refractivity (Wildman–Crippen MR) is 62.3 cm³/mol. The Hall–Kier alpha value is -2.04. The fourth-order valence-corrected chi connectivity index (χ4v) is 1.75. The summed E-state index contributed by atoms with van der Waals surface area (Å²) in [5.74, 6) is -7.09. The zero-order chi connectivity index (χ0) is 14.2. The minimum atomic E-state index is -1.56. The van der Waals surface area contributed by atoms with Gasteiger partial charge >= 0.3 is 0 Å². The molecule has 19 heavy (non-hydrogen) atoms. The topological polar surface area (TPSA) is 9.23 Å². The molecule has 100 valence electrons. The third-order valence-corrected chi connectivity index (χ3v) is 2.49. The van der Waals surface area contributed by atoms with Gasteiger partial charge in [-0.3, -0.25) is 0 Å². The first-order valence-corrected chi connectivity index (χ1v) is 5.47. The van der Waals surface area contributed by atoms with E-state index in [2.05, 4.69) is 0 Å². The highest BCUT2D eigenvalue weighted by Crippen LogP contribution is 2.31. The monoisotopic (exact) mass is 270 g/mol. The molecule has 0 radical (unpaired) electrons. The van der Waals surface area contributed by atoms with E-state index in [1.165, 1.54) is 12.1 Å². The smallest absolute Gasteiger partial charge is 0.204 e. The average Bonchev–Trinajstić information content (AvgIpc) is 2.31. The maximum Gasteiger partial charge on any atom is 0.204 e. The highest BCUT2D eigenvalue weighted by molar-refractivity contribution is 5.38. The van der Waals surface area contributed by atoms with Gasteiger partial charge in [0.05, 0.1) is 0 Å². The average molecular weight is 270 g/mol. The number of benzene rings is 2. The summed E-state index contributed by atoms with van der Waals surface area (Å²) in [4.78, 5) is 0. The van der Waals surface area contributed by atoms with Crippen molar-refractivity contribution < 1.29 is 22.3 Å². The van der Waals surface area contributed by atoms with Gasteiger partial charge < -0.3 is 4.74 Å². The van der Waals surface area contributed by atoms with Gasteiger partial charge in [0.2, 0.25) is 17.4 Å². The minimum Gasteiger partial charge on any atom is -0.451 e. The Balaban J connectivity index is 2.49. The Kier molecular flexibility index (Phi) is 3.46. The fraction of sp³-hybridized carbons (Fsp3) is 0.143. The standard InChI is InChI=1S/C14H10F4O/c1-7-3-8(2)5-9(4-7)19-14-12(17)10(15)6-11(16)13(14)18/h3-6H,1-2H3. The third kappa shape index (κ3) is 2.70. The zero-order valence-corrected chi connectivity index (χ0v) is 10.2. The lowest BCUT2D eigenvalue weighted by Gasteiger charge is -2.10. The van der Waals surface area contributed by atoms with Crippen LogP contribution in [0.1, 0.15) is 11.1 Å². The summed E-state index contributed by atoms with van der Waals surface area (Å²) in [6.07, 6.45) is 0. The molecule has 0 amide bonds. The Morgan fingerprint density at radius 2 is 1.21 bits per heavy atom. The lowest BCUT2D eigenvalue weighted by molar-refractivity contribution is 0.366. The molecular formula is C14H10F4O. The van der Waals surface area contributed by atoms with Crippen LogP contribution in [-0.2, 0) is 0 Å². The summed E-state index contributed by atoms with van der Waals surface area (Å²) in [5.41, 5.74) is 1.60. The number of ether oxygens (including phenoxy) is 1. The van der Waals surface area contributed by atoms with Crippen molar-refractivity contribution in [2.45, 2.75) is 13.8 Å². The van der Waals surface area contributed by atoms with Crippen LogP contribution in [-0.4, -0.2) is 0 Å². The minimum absolute atomic E-state index is 0.111. The van der Waals surface area contributed by atoms with Crippen LogP contribution < -0.4 is 4.74 Å². The Labute approximate surface area is 107 Å². The quantitative estimate of drug-likeness (QED) is 0.570. The van der Waals surface area contributed by atoms with Gasteiger partial charge in [0.1, 0.15) is 5.75 Å². The molecule has 1 nitrogen and oxygen atoms in total. The molecule has 0 aliphatic heterocycles. The Morgan fingerprint density at radius 1 is 0.737 bits per heavy atom. The summed E-state index contributed by atoms with van der Waals surface area (Å²) in [7, 11) is 0. The largest absolute Gasteiger partial charge is 0.451 e. The number of hydrogen-bond donors (Lipinski definition) is 0. The van der Waals surface area contributed by atoms with Crippen molar-refractivity contribution in [3.8, 4) is 11.5 Å². The van der Waals surface area contributed by atoms with Crippen LogP contribution >= 0.6 is 0 Å². The molecule has 2 rings (SSSR count). The van der Waals surface area contributed by atoms with E-state index in [1.54, 1.807) is 13.8 Å². The van der Waals surface area contributed by atoms with Crippen LogP contribution in [0.5, 0.6) is 11.5 Å². The molecule has 0 aromatic heterocycles. The van der Waals surface area contributed by atoms with Gasteiger partial charge in [-0.15, -0.1) is 0 Å².